The first-order valence-corrected chi connectivity index (χ1v) is 7.23. The Bertz CT molecular complexity index is 508. The largest absolute Gasteiger partial charge is 0.371 e. The molecule has 94 valence electrons. The minimum atomic E-state index is -0.520. The van der Waals surface area contributed by atoms with Gasteiger partial charge in [-0.25, -0.2) is 0 Å². The number of fused-ring (bicyclic) bond motifs is 1. The average molecular weight is 262 g/mol. The number of nitrogens with zero attached hydrogens (tertiary/aromatic N) is 1. The number of rotatable bonds is 1. The molecule has 0 saturated carbocycles. The zero-order valence-corrected chi connectivity index (χ0v) is 10.8. The number of nitrogens with one attached hydrogen (secondary N) is 1. The summed E-state index contributed by atoms with van der Waals surface area (Å²) in [6.07, 6.45) is 1.17. The molecule has 18 heavy (non-hydrogen) atoms. The predicted octanol–water partition coefficient (Wildman–Crippen LogP) is 1.76. The van der Waals surface area contributed by atoms with Gasteiger partial charge in [0.15, 0.2) is 0 Å². The molecule has 4 nitrogen and oxygen atoms in total. The number of carbonyl (C=O) groups excluding carboxylic acids is 2. The van der Waals surface area contributed by atoms with E-state index in [0.717, 1.165) is 24.5 Å². The Morgan fingerprint density at radius 3 is 2.94 bits per heavy atom. The first-order valence-electron chi connectivity index (χ1n) is 6.08. The summed E-state index contributed by atoms with van der Waals surface area (Å²) in [4.78, 5) is 25.1. The third kappa shape index (κ3) is 1.99. The third-order valence-electron chi connectivity index (χ3n) is 3.29. The molecular formula is C13H14N2O2S. The van der Waals surface area contributed by atoms with Crippen LogP contribution in [0, 0.1) is 0 Å². The normalized spacial score (nSPS) is 19.4. The maximum atomic E-state index is 11.5. The van der Waals surface area contributed by atoms with E-state index in [9.17, 15) is 9.59 Å². The maximum absolute atomic E-state index is 11.5. The molecule has 0 bridgehead atoms. The van der Waals surface area contributed by atoms with Crippen LogP contribution in [0.25, 0.3) is 0 Å². The lowest BCUT2D eigenvalue weighted by Gasteiger charge is -2.22. The lowest BCUT2D eigenvalue weighted by Crippen LogP contribution is -2.25. The molecule has 0 unspecified atom stereocenters. The van der Waals surface area contributed by atoms with E-state index < -0.39 is 11.7 Å². The van der Waals surface area contributed by atoms with Gasteiger partial charge in [0.25, 0.3) is 11.7 Å². The molecule has 0 aliphatic carbocycles. The molecule has 1 aromatic rings. The maximum Gasteiger partial charge on any atom is 0.296 e. The molecule has 0 spiro atoms. The smallest absolute Gasteiger partial charge is 0.296 e. The molecule has 1 aromatic carbocycles. The molecule has 2 aliphatic rings. The van der Waals surface area contributed by atoms with Crippen molar-refractivity contribution in [2.75, 3.05) is 34.8 Å². The van der Waals surface area contributed by atoms with E-state index >= 15 is 0 Å². The highest BCUT2D eigenvalue weighted by atomic mass is 32.2. The molecule has 0 radical (unpaired) electrons. The monoisotopic (exact) mass is 262 g/mol. The van der Waals surface area contributed by atoms with Gasteiger partial charge >= 0.3 is 0 Å². The number of benzene rings is 1. The SMILES string of the molecule is O=C1Nc2cc(N3CCCSCC3)ccc2C1=O. The fourth-order valence-corrected chi connectivity index (χ4v) is 3.22. The van der Waals surface area contributed by atoms with Crippen LogP contribution < -0.4 is 10.2 Å². The topological polar surface area (TPSA) is 49.4 Å². The second-order valence-corrected chi connectivity index (χ2v) is 5.69. The highest BCUT2D eigenvalue weighted by molar-refractivity contribution is 7.99. The van der Waals surface area contributed by atoms with Gasteiger partial charge in [0.1, 0.15) is 0 Å². The molecule has 0 atom stereocenters. The summed E-state index contributed by atoms with van der Waals surface area (Å²) >= 11 is 1.97. The van der Waals surface area contributed by atoms with E-state index in [-0.39, 0.29) is 0 Å². The van der Waals surface area contributed by atoms with E-state index in [1.54, 1.807) is 6.07 Å². The van der Waals surface area contributed by atoms with Crippen LogP contribution in [-0.4, -0.2) is 36.3 Å². The molecule has 5 heteroatoms. The molecule has 1 fully saturated rings. The number of thioether (sulfide) groups is 1. The Morgan fingerprint density at radius 1 is 1.17 bits per heavy atom. The second-order valence-electron chi connectivity index (χ2n) is 4.47. The fraction of sp³-hybridized carbons (Fsp3) is 0.385. The van der Waals surface area contributed by atoms with Crippen LogP contribution in [0.15, 0.2) is 18.2 Å². The lowest BCUT2D eigenvalue weighted by molar-refractivity contribution is -0.112. The van der Waals surface area contributed by atoms with Crippen molar-refractivity contribution in [3.05, 3.63) is 23.8 Å². The van der Waals surface area contributed by atoms with Crippen molar-refractivity contribution in [1.82, 2.24) is 0 Å². The summed E-state index contributed by atoms with van der Waals surface area (Å²) in [5.74, 6) is 1.38. The van der Waals surface area contributed by atoms with Gasteiger partial charge in [0.05, 0.1) is 11.3 Å². The molecule has 1 N–H and O–H groups in total. The van der Waals surface area contributed by atoms with Gasteiger partial charge in [-0.05, 0) is 30.4 Å². The highest BCUT2D eigenvalue weighted by Gasteiger charge is 2.28. The number of amides is 1. The number of hydrogen-bond donors (Lipinski definition) is 1. The molecular weight excluding hydrogens is 248 g/mol. The number of ketones is 1. The summed E-state index contributed by atoms with van der Waals surface area (Å²) in [7, 11) is 0. The Morgan fingerprint density at radius 2 is 2.06 bits per heavy atom. The van der Waals surface area contributed by atoms with E-state index in [4.69, 9.17) is 0 Å². The summed E-state index contributed by atoms with van der Waals surface area (Å²) < 4.78 is 0. The van der Waals surface area contributed by atoms with Gasteiger partial charge in [-0.15, -0.1) is 0 Å². The number of hydrogen-bond acceptors (Lipinski definition) is 4. The molecule has 3 rings (SSSR count). The van der Waals surface area contributed by atoms with Crippen LogP contribution in [0.2, 0.25) is 0 Å². The zero-order valence-electron chi connectivity index (χ0n) is 9.94. The lowest BCUT2D eigenvalue weighted by atomic mass is 10.1. The first kappa shape index (κ1) is 11.6. The molecule has 0 aromatic heterocycles. The first-order chi connectivity index (χ1) is 8.75. The summed E-state index contributed by atoms with van der Waals surface area (Å²) in [6.45, 7) is 2.05. The van der Waals surface area contributed by atoms with Crippen LogP contribution in [0.3, 0.4) is 0 Å². The minimum absolute atomic E-state index is 0.428. The zero-order chi connectivity index (χ0) is 12.5. The van der Waals surface area contributed by atoms with E-state index in [1.165, 1.54) is 12.2 Å². The van der Waals surface area contributed by atoms with Crippen LogP contribution in [0.4, 0.5) is 11.4 Å². The van der Waals surface area contributed by atoms with Gasteiger partial charge in [-0.3, -0.25) is 9.59 Å². The Balaban J connectivity index is 1.89. The van der Waals surface area contributed by atoms with Crippen molar-refractivity contribution in [3.63, 3.8) is 0 Å². The number of anilines is 2. The van der Waals surface area contributed by atoms with Crippen molar-refractivity contribution >= 4 is 34.8 Å². The van der Waals surface area contributed by atoms with Crippen LogP contribution >= 0.6 is 11.8 Å². The van der Waals surface area contributed by atoms with Crippen molar-refractivity contribution < 1.29 is 9.59 Å². The third-order valence-corrected chi connectivity index (χ3v) is 4.34. The average Bonchev–Trinajstić information content (AvgIpc) is 2.61. The van der Waals surface area contributed by atoms with E-state index in [1.807, 2.05) is 23.9 Å². The van der Waals surface area contributed by atoms with Gasteiger partial charge in [0.2, 0.25) is 0 Å². The van der Waals surface area contributed by atoms with Gasteiger partial charge in [-0.1, -0.05) is 0 Å². The van der Waals surface area contributed by atoms with Gasteiger partial charge < -0.3 is 10.2 Å². The molecule has 2 aliphatic heterocycles. The summed E-state index contributed by atoms with van der Waals surface area (Å²) in [6, 6.07) is 5.60. The predicted molar refractivity (Wildman–Crippen MR) is 73.6 cm³/mol. The van der Waals surface area contributed by atoms with E-state index in [0.29, 0.717) is 11.3 Å². The standard InChI is InChI=1S/C13H14N2O2S/c16-12-10-3-2-9(8-11(10)14-13(12)17)15-4-1-6-18-7-5-15/h2-3,8H,1,4-7H2,(H,14,16,17). The van der Waals surface area contributed by atoms with Crippen LogP contribution in [0.1, 0.15) is 16.8 Å². The van der Waals surface area contributed by atoms with Crippen molar-refractivity contribution in [3.8, 4) is 0 Å². The second kappa shape index (κ2) is 4.65. The quantitative estimate of drug-likeness (QED) is 0.784. The highest BCUT2D eigenvalue weighted by Crippen LogP contribution is 2.29. The Kier molecular flexibility index (Phi) is 2.99. The van der Waals surface area contributed by atoms with Crippen molar-refractivity contribution in [2.45, 2.75) is 6.42 Å². The molecule has 1 saturated heterocycles. The Labute approximate surface area is 110 Å². The van der Waals surface area contributed by atoms with Crippen molar-refractivity contribution in [2.24, 2.45) is 0 Å². The van der Waals surface area contributed by atoms with Gasteiger partial charge in [-0.2, -0.15) is 11.8 Å². The van der Waals surface area contributed by atoms with Crippen LogP contribution in [0.5, 0.6) is 0 Å². The molecule has 1 amide bonds. The van der Waals surface area contributed by atoms with E-state index in [2.05, 4.69) is 10.2 Å². The number of Topliss-reactive ketones (excluding diaryl/α,β-unsaturated/α-hetero) is 1. The Hall–Kier alpha value is -1.49. The minimum Gasteiger partial charge on any atom is -0.371 e. The summed E-state index contributed by atoms with van der Waals surface area (Å²) in [5, 5.41) is 2.62. The van der Waals surface area contributed by atoms with Gasteiger partial charge in [0, 0.05) is 24.5 Å². The fourth-order valence-electron chi connectivity index (χ4n) is 2.34. The number of carbonyl (C=O) groups is 2. The van der Waals surface area contributed by atoms with Crippen molar-refractivity contribution in [1.29, 1.82) is 0 Å². The summed E-state index contributed by atoms with van der Waals surface area (Å²) in [5.41, 5.74) is 2.23. The van der Waals surface area contributed by atoms with Crippen LogP contribution in [-0.2, 0) is 4.79 Å². The molecule has 2 heterocycles.